The van der Waals surface area contributed by atoms with Crippen molar-refractivity contribution < 1.29 is 12.3 Å². The van der Waals surface area contributed by atoms with Gasteiger partial charge in [-0.05, 0) is 65.3 Å². The molecule has 7 heteroatoms. The van der Waals surface area contributed by atoms with E-state index < -0.39 is 33.8 Å². The van der Waals surface area contributed by atoms with E-state index in [4.69, 9.17) is 12.3 Å². The van der Waals surface area contributed by atoms with Crippen molar-refractivity contribution in [2.24, 2.45) is 0 Å². The molecule has 0 aliphatic carbocycles. The number of unbranched alkanes of at least 4 members (excludes halogenated alkanes) is 3. The van der Waals surface area contributed by atoms with Crippen LogP contribution in [0.25, 0.3) is 0 Å². The summed E-state index contributed by atoms with van der Waals surface area (Å²) < 4.78 is 20.0. The van der Waals surface area contributed by atoms with Crippen molar-refractivity contribution in [1.29, 1.82) is 0 Å². The van der Waals surface area contributed by atoms with E-state index in [1.165, 1.54) is 25.7 Å². The average molecular weight is 381 g/mol. The molecule has 0 aliphatic heterocycles. The molecule has 0 aromatic heterocycles. The van der Waals surface area contributed by atoms with Crippen LogP contribution in [0.1, 0.15) is 32.6 Å². The van der Waals surface area contributed by atoms with Gasteiger partial charge < -0.3 is 12.3 Å². The summed E-state index contributed by atoms with van der Waals surface area (Å²) in [6.07, 6.45) is 4.97. The average Bonchev–Trinajstić information content (AvgIpc) is 2.16. The van der Waals surface area contributed by atoms with E-state index in [9.17, 15) is 0 Å². The molecule has 0 amide bonds. The van der Waals surface area contributed by atoms with Gasteiger partial charge in [-0.2, -0.15) is 0 Å². The highest BCUT2D eigenvalue weighted by molar-refractivity contribution is 6.90. The second-order valence-electron chi connectivity index (χ2n) is 9.14. The van der Waals surface area contributed by atoms with Crippen LogP contribution in [-0.4, -0.2) is 33.8 Å². The predicted octanol–water partition coefficient (Wildman–Crippen LogP) is 6.06. The van der Waals surface area contributed by atoms with Crippen molar-refractivity contribution in [3.8, 4) is 0 Å². The third-order valence-corrected chi connectivity index (χ3v) is 14.8. The van der Waals surface area contributed by atoms with Crippen molar-refractivity contribution in [3.05, 3.63) is 0 Å². The van der Waals surface area contributed by atoms with Gasteiger partial charge >= 0.3 is 8.80 Å². The molecule has 0 rings (SSSR count). The zero-order valence-electron chi connectivity index (χ0n) is 16.8. The van der Waals surface area contributed by atoms with Gasteiger partial charge in [0, 0.05) is 6.04 Å². The summed E-state index contributed by atoms with van der Waals surface area (Å²) in [6, 6.07) is 0.992. The molecular formula is C15H40O3Si4. The smallest absolute Gasteiger partial charge is 0.417 e. The summed E-state index contributed by atoms with van der Waals surface area (Å²) in [6.45, 7) is 22.5. The first-order chi connectivity index (χ1) is 9.68. The minimum atomic E-state index is -2.57. The van der Waals surface area contributed by atoms with E-state index in [2.05, 4.69) is 65.8 Å². The first-order valence-corrected chi connectivity index (χ1v) is 20.9. The molecule has 0 aromatic rings. The molecule has 22 heavy (non-hydrogen) atoms. The predicted molar refractivity (Wildman–Crippen MR) is 108 cm³/mol. The third kappa shape index (κ3) is 12.2. The molecule has 0 heterocycles. The highest BCUT2D eigenvalue weighted by Gasteiger charge is 2.49. The molecule has 0 atom stereocenters. The molecule has 0 unspecified atom stereocenters. The lowest BCUT2D eigenvalue weighted by molar-refractivity contribution is 0.250. The summed E-state index contributed by atoms with van der Waals surface area (Å²) in [5.41, 5.74) is 0. The van der Waals surface area contributed by atoms with Gasteiger partial charge in [0.15, 0.2) is 25.0 Å². The number of rotatable bonds is 11. The standard InChI is InChI=1S/C15H40O3Si4/c1-11-12-13-14-15-22(16-19(2,3)4,17-20(5,6)7)18-21(8,9)10/h11-15H2,1-10H3. The SMILES string of the molecule is CCCCCC[Si](O[Si](C)(C)C)(O[Si](C)(C)C)O[Si](C)(C)C. The van der Waals surface area contributed by atoms with Crippen LogP contribution < -0.4 is 0 Å². The summed E-state index contributed by atoms with van der Waals surface area (Å²) in [4.78, 5) is 0. The van der Waals surface area contributed by atoms with E-state index in [0.717, 1.165) is 6.04 Å². The fourth-order valence-electron chi connectivity index (χ4n) is 2.38. The molecule has 0 spiro atoms. The third-order valence-electron chi connectivity index (χ3n) is 2.72. The maximum Gasteiger partial charge on any atom is 0.469 e. The van der Waals surface area contributed by atoms with Crippen LogP contribution in [0.2, 0.25) is 65.0 Å². The Kier molecular flexibility index (Phi) is 9.03. The first-order valence-electron chi connectivity index (χ1n) is 8.79. The Labute approximate surface area is 143 Å². The zero-order valence-corrected chi connectivity index (χ0v) is 20.8. The van der Waals surface area contributed by atoms with Crippen molar-refractivity contribution in [3.63, 3.8) is 0 Å². The second-order valence-corrected chi connectivity index (χ2v) is 26.1. The largest absolute Gasteiger partial charge is 0.469 e. The summed E-state index contributed by atoms with van der Waals surface area (Å²) in [5, 5.41) is 0. The number of hydrogen-bond acceptors (Lipinski definition) is 3. The lowest BCUT2D eigenvalue weighted by atomic mass is 10.2. The second kappa shape index (κ2) is 8.73. The van der Waals surface area contributed by atoms with E-state index in [1.807, 2.05) is 0 Å². The molecule has 134 valence electrons. The fraction of sp³-hybridized carbons (Fsp3) is 1.00. The van der Waals surface area contributed by atoms with Crippen LogP contribution in [-0.2, 0) is 12.3 Å². The quantitative estimate of drug-likeness (QED) is 0.322. The van der Waals surface area contributed by atoms with Gasteiger partial charge in [0.1, 0.15) is 0 Å². The molecule has 0 N–H and O–H groups in total. The molecule has 0 fully saturated rings. The summed E-state index contributed by atoms with van der Waals surface area (Å²) >= 11 is 0. The molecular weight excluding hydrogens is 341 g/mol. The van der Waals surface area contributed by atoms with Crippen LogP contribution in [0.15, 0.2) is 0 Å². The molecule has 0 radical (unpaired) electrons. The van der Waals surface area contributed by atoms with Crippen LogP contribution in [0, 0.1) is 0 Å². The zero-order chi connectivity index (χ0) is 17.7. The van der Waals surface area contributed by atoms with Crippen molar-refractivity contribution in [2.75, 3.05) is 0 Å². The summed E-state index contributed by atoms with van der Waals surface area (Å²) in [7, 11) is -7.68. The molecule has 0 bridgehead atoms. The highest BCUT2D eigenvalue weighted by Crippen LogP contribution is 2.30. The van der Waals surface area contributed by atoms with E-state index in [-0.39, 0.29) is 0 Å². The summed E-state index contributed by atoms with van der Waals surface area (Å²) in [5.74, 6) is 0. The van der Waals surface area contributed by atoms with Crippen LogP contribution in [0.5, 0.6) is 0 Å². The molecule has 3 nitrogen and oxygen atoms in total. The van der Waals surface area contributed by atoms with Crippen LogP contribution in [0.4, 0.5) is 0 Å². The minimum absolute atomic E-state index is 0.992. The lowest BCUT2D eigenvalue weighted by Crippen LogP contribution is -2.60. The van der Waals surface area contributed by atoms with Gasteiger partial charge in [-0.15, -0.1) is 0 Å². The van der Waals surface area contributed by atoms with Gasteiger partial charge in [-0.3, -0.25) is 0 Å². The Morgan fingerprint density at radius 1 is 0.545 bits per heavy atom. The maximum absolute atomic E-state index is 6.66. The van der Waals surface area contributed by atoms with Gasteiger partial charge in [-0.1, -0.05) is 26.2 Å². The first kappa shape index (κ1) is 22.7. The van der Waals surface area contributed by atoms with Crippen LogP contribution >= 0.6 is 0 Å². The monoisotopic (exact) mass is 380 g/mol. The van der Waals surface area contributed by atoms with Crippen molar-refractivity contribution >= 4 is 33.8 Å². The normalized spacial score (nSPS) is 14.5. The maximum atomic E-state index is 6.66. The minimum Gasteiger partial charge on any atom is -0.417 e. The molecule has 0 aliphatic rings. The Balaban J connectivity index is 5.30. The molecule has 0 aromatic carbocycles. The lowest BCUT2D eigenvalue weighted by Gasteiger charge is -2.43. The number of hydrogen-bond donors (Lipinski definition) is 0. The highest BCUT2D eigenvalue weighted by atomic mass is 28.5. The van der Waals surface area contributed by atoms with Crippen molar-refractivity contribution in [2.45, 2.75) is 97.6 Å². The molecule has 0 saturated carbocycles. The molecule has 0 saturated heterocycles. The van der Waals surface area contributed by atoms with Gasteiger partial charge in [0.05, 0.1) is 0 Å². The van der Waals surface area contributed by atoms with Crippen LogP contribution in [0.3, 0.4) is 0 Å². The Hall–Kier alpha value is 0.748. The Morgan fingerprint density at radius 2 is 0.909 bits per heavy atom. The van der Waals surface area contributed by atoms with E-state index in [1.54, 1.807) is 0 Å². The van der Waals surface area contributed by atoms with Crippen molar-refractivity contribution in [1.82, 2.24) is 0 Å². The Morgan fingerprint density at radius 3 is 1.18 bits per heavy atom. The van der Waals surface area contributed by atoms with Gasteiger partial charge in [0.2, 0.25) is 0 Å². The Bertz CT molecular complexity index is 275. The fourth-order valence-corrected chi connectivity index (χ4v) is 17.1. The van der Waals surface area contributed by atoms with Gasteiger partial charge in [-0.25, -0.2) is 0 Å². The van der Waals surface area contributed by atoms with E-state index >= 15 is 0 Å². The van der Waals surface area contributed by atoms with E-state index in [0.29, 0.717) is 0 Å². The van der Waals surface area contributed by atoms with Gasteiger partial charge in [0.25, 0.3) is 0 Å². The topological polar surface area (TPSA) is 27.7 Å².